The van der Waals surface area contributed by atoms with E-state index in [1.54, 1.807) is 0 Å². The van der Waals surface area contributed by atoms with Gasteiger partial charge >= 0.3 is 12.2 Å². The van der Waals surface area contributed by atoms with Gasteiger partial charge in [0.1, 0.15) is 6.54 Å². The molecule has 0 saturated heterocycles. The minimum absolute atomic E-state index is 0.0437. The molecular weight excluding hydrogens is 339 g/mol. The number of pyridine rings is 1. The van der Waals surface area contributed by atoms with Crippen molar-refractivity contribution in [2.75, 3.05) is 0 Å². The standard InChI is InChI=1S/C16H20F3N3O3/c1-10-4-2-3-5-12(10)20-15(25)21-13(23)9-22-8-11(16(17,18)19)6-7-14(22)24/h6-8,10,12H,2-5,9H2,1H3,(H2,20,21,23,25)/t10-,12+/m0/s1. The third-order valence-electron chi connectivity index (χ3n) is 4.31. The second-order valence-corrected chi connectivity index (χ2v) is 6.27. The number of hydrogen-bond acceptors (Lipinski definition) is 3. The van der Waals surface area contributed by atoms with Crippen molar-refractivity contribution in [1.29, 1.82) is 0 Å². The van der Waals surface area contributed by atoms with Crippen LogP contribution in [0.25, 0.3) is 0 Å². The molecule has 0 spiro atoms. The zero-order valence-corrected chi connectivity index (χ0v) is 13.7. The minimum Gasteiger partial charge on any atom is -0.335 e. The quantitative estimate of drug-likeness (QED) is 0.869. The molecule has 1 aromatic rings. The van der Waals surface area contributed by atoms with E-state index in [1.165, 1.54) is 0 Å². The first-order valence-electron chi connectivity index (χ1n) is 8.05. The lowest BCUT2D eigenvalue weighted by atomic mass is 9.86. The number of alkyl halides is 3. The Morgan fingerprint density at radius 1 is 1.24 bits per heavy atom. The summed E-state index contributed by atoms with van der Waals surface area (Å²) in [6.07, 6.45) is -0.181. The first kappa shape index (κ1) is 19.0. The topological polar surface area (TPSA) is 80.2 Å². The van der Waals surface area contributed by atoms with Gasteiger partial charge in [-0.2, -0.15) is 13.2 Å². The molecule has 1 aromatic heterocycles. The van der Waals surface area contributed by atoms with Gasteiger partial charge in [-0.05, 0) is 24.8 Å². The van der Waals surface area contributed by atoms with Crippen molar-refractivity contribution >= 4 is 11.9 Å². The monoisotopic (exact) mass is 359 g/mol. The van der Waals surface area contributed by atoms with Crippen LogP contribution in [-0.4, -0.2) is 22.5 Å². The number of aromatic nitrogens is 1. The van der Waals surface area contributed by atoms with Gasteiger partial charge in [-0.15, -0.1) is 0 Å². The Balaban J connectivity index is 1.95. The maximum Gasteiger partial charge on any atom is 0.417 e. The van der Waals surface area contributed by atoms with Gasteiger partial charge in [-0.1, -0.05) is 19.8 Å². The van der Waals surface area contributed by atoms with Crippen molar-refractivity contribution in [2.45, 2.75) is 51.4 Å². The van der Waals surface area contributed by atoms with Gasteiger partial charge < -0.3 is 9.88 Å². The average molecular weight is 359 g/mol. The molecule has 0 unspecified atom stereocenters. The van der Waals surface area contributed by atoms with Crippen LogP contribution in [0.15, 0.2) is 23.1 Å². The summed E-state index contributed by atoms with van der Waals surface area (Å²) >= 11 is 0. The van der Waals surface area contributed by atoms with E-state index >= 15 is 0 Å². The van der Waals surface area contributed by atoms with Crippen molar-refractivity contribution < 1.29 is 22.8 Å². The summed E-state index contributed by atoms with van der Waals surface area (Å²) < 4.78 is 38.6. The summed E-state index contributed by atoms with van der Waals surface area (Å²) in [4.78, 5) is 35.3. The van der Waals surface area contributed by atoms with E-state index in [4.69, 9.17) is 0 Å². The first-order chi connectivity index (χ1) is 11.7. The fourth-order valence-electron chi connectivity index (χ4n) is 2.88. The normalized spacial score (nSPS) is 20.8. The number of amides is 3. The van der Waals surface area contributed by atoms with E-state index in [9.17, 15) is 27.6 Å². The third-order valence-corrected chi connectivity index (χ3v) is 4.31. The number of urea groups is 1. The molecule has 1 aliphatic carbocycles. The van der Waals surface area contributed by atoms with Crippen LogP contribution in [0.5, 0.6) is 0 Å². The predicted molar refractivity (Wildman–Crippen MR) is 83.8 cm³/mol. The molecule has 1 aliphatic rings. The molecule has 25 heavy (non-hydrogen) atoms. The summed E-state index contributed by atoms with van der Waals surface area (Å²) in [5.41, 5.74) is -1.80. The molecule has 0 aliphatic heterocycles. The highest BCUT2D eigenvalue weighted by molar-refractivity contribution is 5.94. The molecule has 0 bridgehead atoms. The largest absolute Gasteiger partial charge is 0.417 e. The number of imide groups is 1. The zero-order chi connectivity index (χ0) is 18.6. The van der Waals surface area contributed by atoms with Gasteiger partial charge in [-0.25, -0.2) is 4.79 Å². The highest BCUT2D eigenvalue weighted by Crippen LogP contribution is 2.28. The number of carbonyl (C=O) groups excluding carboxylic acids is 2. The van der Waals surface area contributed by atoms with Crippen LogP contribution in [0.1, 0.15) is 38.2 Å². The predicted octanol–water partition coefficient (Wildman–Crippen LogP) is 2.27. The van der Waals surface area contributed by atoms with Crippen LogP contribution in [0, 0.1) is 5.92 Å². The lowest BCUT2D eigenvalue weighted by Crippen LogP contribution is -2.48. The van der Waals surface area contributed by atoms with E-state index in [0.717, 1.165) is 31.7 Å². The van der Waals surface area contributed by atoms with Gasteiger partial charge in [0, 0.05) is 18.3 Å². The van der Waals surface area contributed by atoms with E-state index in [1.807, 2.05) is 6.92 Å². The van der Waals surface area contributed by atoms with Gasteiger partial charge in [0.25, 0.3) is 5.56 Å². The number of rotatable bonds is 3. The third kappa shape index (κ3) is 5.33. The van der Waals surface area contributed by atoms with Gasteiger partial charge in [-0.3, -0.25) is 14.9 Å². The molecule has 0 radical (unpaired) electrons. The van der Waals surface area contributed by atoms with E-state index in [0.29, 0.717) is 22.7 Å². The van der Waals surface area contributed by atoms with Crippen LogP contribution in [0.4, 0.5) is 18.0 Å². The molecule has 2 atom stereocenters. The Morgan fingerprint density at radius 3 is 2.56 bits per heavy atom. The molecule has 9 heteroatoms. The van der Waals surface area contributed by atoms with Gasteiger partial charge in [0.15, 0.2) is 0 Å². The fraction of sp³-hybridized carbons (Fsp3) is 0.562. The molecule has 1 heterocycles. The average Bonchev–Trinajstić information content (AvgIpc) is 2.50. The summed E-state index contributed by atoms with van der Waals surface area (Å²) in [6.45, 7) is 1.34. The van der Waals surface area contributed by atoms with Crippen LogP contribution in [-0.2, 0) is 17.5 Å². The van der Waals surface area contributed by atoms with Crippen molar-refractivity contribution in [2.24, 2.45) is 5.92 Å². The molecule has 1 fully saturated rings. The molecule has 2 N–H and O–H groups in total. The minimum atomic E-state index is -4.62. The summed E-state index contributed by atoms with van der Waals surface area (Å²) in [7, 11) is 0. The lowest BCUT2D eigenvalue weighted by Gasteiger charge is -2.29. The van der Waals surface area contributed by atoms with Crippen LogP contribution in [0.2, 0.25) is 0 Å². The highest BCUT2D eigenvalue weighted by atomic mass is 19.4. The number of nitrogens with one attached hydrogen (secondary N) is 2. The molecule has 138 valence electrons. The summed E-state index contributed by atoms with van der Waals surface area (Å²) in [5.74, 6) is -0.567. The van der Waals surface area contributed by atoms with E-state index in [-0.39, 0.29) is 6.04 Å². The van der Waals surface area contributed by atoms with Crippen LogP contribution < -0.4 is 16.2 Å². The van der Waals surface area contributed by atoms with Gasteiger partial charge in [0.05, 0.1) is 5.56 Å². The smallest absolute Gasteiger partial charge is 0.335 e. The Bertz CT molecular complexity index is 700. The fourth-order valence-corrected chi connectivity index (χ4v) is 2.88. The van der Waals surface area contributed by atoms with Gasteiger partial charge in [0.2, 0.25) is 5.91 Å². The van der Waals surface area contributed by atoms with E-state index < -0.39 is 35.8 Å². The van der Waals surface area contributed by atoms with Crippen LogP contribution >= 0.6 is 0 Å². The highest BCUT2D eigenvalue weighted by Gasteiger charge is 2.31. The number of halogens is 3. The van der Waals surface area contributed by atoms with E-state index in [2.05, 4.69) is 10.6 Å². The Morgan fingerprint density at radius 2 is 1.92 bits per heavy atom. The van der Waals surface area contributed by atoms with Crippen molar-refractivity contribution in [3.8, 4) is 0 Å². The molecule has 1 saturated carbocycles. The number of hydrogen-bond donors (Lipinski definition) is 2. The number of carbonyl (C=O) groups is 2. The molecule has 2 rings (SSSR count). The van der Waals surface area contributed by atoms with Crippen molar-refractivity contribution in [3.63, 3.8) is 0 Å². The SMILES string of the molecule is C[C@H]1CCCC[C@H]1NC(=O)NC(=O)Cn1cc(C(F)(F)F)ccc1=O. The second kappa shape index (κ2) is 7.71. The van der Waals surface area contributed by atoms with Crippen molar-refractivity contribution in [1.82, 2.24) is 15.2 Å². The molecule has 3 amide bonds. The number of nitrogens with zero attached hydrogens (tertiary/aromatic N) is 1. The summed E-state index contributed by atoms with van der Waals surface area (Å²) in [6, 6.07) is 0.634. The molecule has 0 aromatic carbocycles. The lowest BCUT2D eigenvalue weighted by molar-refractivity contribution is -0.138. The Hall–Kier alpha value is -2.32. The Labute approximate surface area is 142 Å². The van der Waals surface area contributed by atoms with Crippen molar-refractivity contribution in [3.05, 3.63) is 34.2 Å². The maximum atomic E-state index is 12.7. The zero-order valence-electron chi connectivity index (χ0n) is 13.7. The summed E-state index contributed by atoms with van der Waals surface area (Å²) in [5, 5.41) is 4.75. The van der Waals surface area contributed by atoms with Crippen LogP contribution in [0.3, 0.4) is 0 Å². The molecule has 6 nitrogen and oxygen atoms in total. The first-order valence-corrected chi connectivity index (χ1v) is 8.05. The second-order valence-electron chi connectivity index (χ2n) is 6.27. The molecular formula is C16H20F3N3O3. The maximum absolute atomic E-state index is 12.7. The Kier molecular flexibility index (Phi) is 5.86.